The molecule has 14 heavy (non-hydrogen) atoms. The molecule has 0 amide bonds. The Morgan fingerprint density at radius 2 is 2.21 bits per heavy atom. The summed E-state index contributed by atoms with van der Waals surface area (Å²) in [7, 11) is 1.74. The highest BCUT2D eigenvalue weighted by molar-refractivity contribution is 5.98. The summed E-state index contributed by atoms with van der Waals surface area (Å²) in [6.07, 6.45) is 0. The third kappa shape index (κ3) is 1.56. The molecule has 0 unspecified atom stereocenters. The molecule has 0 radical (unpaired) electrons. The fourth-order valence-electron chi connectivity index (χ4n) is 1.33. The molecule has 1 aliphatic heterocycles. The zero-order valence-electron chi connectivity index (χ0n) is 7.87. The first kappa shape index (κ1) is 9.02. The van der Waals surface area contributed by atoms with Crippen molar-refractivity contribution in [3.05, 3.63) is 23.8 Å². The first-order valence-electron chi connectivity index (χ1n) is 4.38. The van der Waals surface area contributed by atoms with Crippen molar-refractivity contribution in [2.75, 3.05) is 20.4 Å². The van der Waals surface area contributed by atoms with Crippen LogP contribution in [0.4, 0.5) is 0 Å². The van der Waals surface area contributed by atoms with Crippen LogP contribution < -0.4 is 14.8 Å². The topological polar surface area (TPSA) is 47.6 Å². The molecule has 0 aliphatic carbocycles. The fourth-order valence-corrected chi connectivity index (χ4v) is 1.33. The smallest absolute Gasteiger partial charge is 0.231 e. The highest BCUT2D eigenvalue weighted by Gasteiger charge is 2.15. The molecule has 0 spiro atoms. The van der Waals surface area contributed by atoms with Crippen LogP contribution >= 0.6 is 0 Å². The molecule has 0 aromatic heterocycles. The summed E-state index contributed by atoms with van der Waals surface area (Å²) in [4.78, 5) is 11.5. The Morgan fingerprint density at radius 3 is 3.00 bits per heavy atom. The van der Waals surface area contributed by atoms with Gasteiger partial charge in [0.2, 0.25) is 6.79 Å². The molecule has 74 valence electrons. The standard InChI is InChI=1S/C10H11NO3/c1-11-5-8(12)7-2-3-9-10(4-7)14-6-13-9/h2-4,11H,5-6H2,1H3. The van der Waals surface area contributed by atoms with Crippen molar-refractivity contribution >= 4 is 5.78 Å². The molecule has 0 fully saturated rings. The minimum atomic E-state index is 0.0470. The van der Waals surface area contributed by atoms with Gasteiger partial charge >= 0.3 is 0 Å². The minimum absolute atomic E-state index is 0.0470. The Labute approximate surface area is 81.8 Å². The third-order valence-corrected chi connectivity index (χ3v) is 2.03. The molecule has 1 heterocycles. The van der Waals surface area contributed by atoms with Crippen molar-refractivity contribution in [1.82, 2.24) is 5.32 Å². The quantitative estimate of drug-likeness (QED) is 0.722. The summed E-state index contributed by atoms with van der Waals surface area (Å²) in [6, 6.07) is 5.21. The number of hydrogen-bond acceptors (Lipinski definition) is 4. The Kier molecular flexibility index (Phi) is 2.37. The number of ketones is 1. The van der Waals surface area contributed by atoms with Gasteiger partial charge in [-0.3, -0.25) is 4.79 Å². The number of fused-ring (bicyclic) bond motifs is 1. The van der Waals surface area contributed by atoms with Gasteiger partial charge < -0.3 is 14.8 Å². The van der Waals surface area contributed by atoms with E-state index in [4.69, 9.17) is 9.47 Å². The van der Waals surface area contributed by atoms with Crippen LogP contribution in [0.15, 0.2) is 18.2 Å². The normalized spacial score (nSPS) is 12.9. The van der Waals surface area contributed by atoms with E-state index in [0.29, 0.717) is 23.6 Å². The van der Waals surface area contributed by atoms with Crippen molar-refractivity contribution in [2.45, 2.75) is 0 Å². The number of Topliss-reactive ketones (excluding diaryl/α,β-unsaturated/α-hetero) is 1. The maximum absolute atomic E-state index is 11.5. The van der Waals surface area contributed by atoms with E-state index in [1.165, 1.54) is 0 Å². The second-order valence-electron chi connectivity index (χ2n) is 3.02. The largest absolute Gasteiger partial charge is 0.454 e. The SMILES string of the molecule is CNCC(=O)c1ccc2c(c1)OCO2. The summed E-state index contributed by atoms with van der Waals surface area (Å²) >= 11 is 0. The van der Waals surface area contributed by atoms with E-state index in [0.717, 1.165) is 0 Å². The molecular formula is C10H11NO3. The predicted molar refractivity (Wildman–Crippen MR) is 50.8 cm³/mol. The van der Waals surface area contributed by atoms with Crippen molar-refractivity contribution in [3.8, 4) is 11.5 Å². The number of carbonyl (C=O) groups is 1. The predicted octanol–water partition coefficient (Wildman–Crippen LogP) is 0.817. The molecule has 1 N–H and O–H groups in total. The van der Waals surface area contributed by atoms with Gasteiger partial charge in [-0.15, -0.1) is 0 Å². The first-order chi connectivity index (χ1) is 6.81. The van der Waals surface area contributed by atoms with E-state index in [1.54, 1.807) is 25.2 Å². The summed E-state index contributed by atoms with van der Waals surface area (Å²) in [5.74, 6) is 1.39. The van der Waals surface area contributed by atoms with Gasteiger partial charge in [-0.2, -0.15) is 0 Å². The zero-order valence-corrected chi connectivity index (χ0v) is 7.87. The zero-order chi connectivity index (χ0) is 9.97. The second kappa shape index (κ2) is 3.67. The molecule has 4 heteroatoms. The van der Waals surface area contributed by atoms with E-state index < -0.39 is 0 Å². The molecule has 1 aliphatic rings. The minimum Gasteiger partial charge on any atom is -0.454 e. The molecule has 2 rings (SSSR count). The number of hydrogen-bond donors (Lipinski definition) is 1. The van der Waals surface area contributed by atoms with Gasteiger partial charge in [-0.25, -0.2) is 0 Å². The number of ether oxygens (including phenoxy) is 2. The van der Waals surface area contributed by atoms with Gasteiger partial charge in [0.15, 0.2) is 17.3 Å². The van der Waals surface area contributed by atoms with Gasteiger partial charge in [0.1, 0.15) is 0 Å². The van der Waals surface area contributed by atoms with Gasteiger partial charge in [0, 0.05) is 5.56 Å². The van der Waals surface area contributed by atoms with E-state index in [2.05, 4.69) is 5.32 Å². The average Bonchev–Trinajstić information content (AvgIpc) is 2.64. The Morgan fingerprint density at radius 1 is 1.43 bits per heavy atom. The molecule has 4 nitrogen and oxygen atoms in total. The lowest BCUT2D eigenvalue weighted by molar-refractivity contribution is 0.0993. The lowest BCUT2D eigenvalue weighted by atomic mass is 10.1. The second-order valence-corrected chi connectivity index (χ2v) is 3.02. The van der Waals surface area contributed by atoms with Crippen LogP contribution in [0.2, 0.25) is 0 Å². The van der Waals surface area contributed by atoms with Crippen LogP contribution in [0.25, 0.3) is 0 Å². The van der Waals surface area contributed by atoms with E-state index in [9.17, 15) is 4.79 Å². The van der Waals surface area contributed by atoms with Crippen LogP contribution in [0.3, 0.4) is 0 Å². The lowest BCUT2D eigenvalue weighted by Crippen LogP contribution is -2.18. The average molecular weight is 193 g/mol. The lowest BCUT2D eigenvalue weighted by Gasteiger charge is -2.01. The number of nitrogens with one attached hydrogen (secondary N) is 1. The van der Waals surface area contributed by atoms with Crippen molar-refractivity contribution in [2.24, 2.45) is 0 Å². The monoisotopic (exact) mass is 193 g/mol. The molecular weight excluding hydrogens is 182 g/mol. The summed E-state index contributed by atoms with van der Waals surface area (Å²) in [5, 5.41) is 2.81. The maximum Gasteiger partial charge on any atom is 0.231 e. The number of likely N-dealkylation sites (N-methyl/N-ethyl adjacent to an activating group) is 1. The van der Waals surface area contributed by atoms with Gasteiger partial charge in [-0.1, -0.05) is 0 Å². The Balaban J connectivity index is 2.24. The van der Waals surface area contributed by atoms with Crippen LogP contribution in [-0.2, 0) is 0 Å². The fraction of sp³-hybridized carbons (Fsp3) is 0.300. The Hall–Kier alpha value is -1.55. The van der Waals surface area contributed by atoms with Crippen LogP contribution in [0.5, 0.6) is 11.5 Å². The van der Waals surface area contributed by atoms with Crippen molar-refractivity contribution < 1.29 is 14.3 Å². The van der Waals surface area contributed by atoms with Gasteiger partial charge in [0.25, 0.3) is 0 Å². The van der Waals surface area contributed by atoms with E-state index in [-0.39, 0.29) is 12.6 Å². The summed E-state index contributed by atoms with van der Waals surface area (Å²) < 4.78 is 10.3. The molecule has 0 atom stereocenters. The summed E-state index contributed by atoms with van der Waals surface area (Å²) in [5.41, 5.74) is 0.642. The molecule has 1 aromatic rings. The molecule has 0 bridgehead atoms. The van der Waals surface area contributed by atoms with Gasteiger partial charge in [0.05, 0.1) is 6.54 Å². The molecule has 1 aromatic carbocycles. The van der Waals surface area contributed by atoms with Crippen LogP contribution in [0, 0.1) is 0 Å². The molecule has 0 saturated heterocycles. The van der Waals surface area contributed by atoms with E-state index >= 15 is 0 Å². The van der Waals surface area contributed by atoms with E-state index in [1.807, 2.05) is 0 Å². The van der Waals surface area contributed by atoms with Gasteiger partial charge in [-0.05, 0) is 25.2 Å². The molecule has 0 saturated carbocycles. The highest BCUT2D eigenvalue weighted by Crippen LogP contribution is 2.32. The van der Waals surface area contributed by atoms with Crippen LogP contribution in [-0.4, -0.2) is 26.2 Å². The highest BCUT2D eigenvalue weighted by atomic mass is 16.7. The first-order valence-corrected chi connectivity index (χ1v) is 4.38. The Bertz CT molecular complexity index is 362. The number of benzene rings is 1. The van der Waals surface area contributed by atoms with Crippen molar-refractivity contribution in [3.63, 3.8) is 0 Å². The van der Waals surface area contributed by atoms with Crippen LogP contribution in [0.1, 0.15) is 10.4 Å². The van der Waals surface area contributed by atoms with Crippen molar-refractivity contribution in [1.29, 1.82) is 0 Å². The third-order valence-electron chi connectivity index (χ3n) is 2.03. The maximum atomic E-state index is 11.5. The number of carbonyl (C=O) groups excluding carboxylic acids is 1. The summed E-state index contributed by atoms with van der Waals surface area (Å²) in [6.45, 7) is 0.568. The number of rotatable bonds is 3.